The number of rotatable bonds is 8. The van der Waals surface area contributed by atoms with Crippen molar-refractivity contribution in [3.8, 4) is 0 Å². The molecule has 4 heteroatoms. The highest BCUT2D eigenvalue weighted by molar-refractivity contribution is 9.10. The van der Waals surface area contributed by atoms with Gasteiger partial charge in [0.25, 0.3) is 0 Å². The summed E-state index contributed by atoms with van der Waals surface area (Å²) in [6.45, 7) is 6.29. The van der Waals surface area contributed by atoms with Crippen molar-refractivity contribution in [2.75, 3.05) is 26.9 Å². The SMILES string of the molecule is COCCOC(CNC(C)C)c1cccc(Br)c1. The van der Waals surface area contributed by atoms with E-state index in [4.69, 9.17) is 9.47 Å². The second-order valence-corrected chi connectivity index (χ2v) is 5.39. The summed E-state index contributed by atoms with van der Waals surface area (Å²) < 4.78 is 12.0. The average Bonchev–Trinajstić information content (AvgIpc) is 2.33. The predicted octanol–water partition coefficient (Wildman–Crippen LogP) is 3.15. The largest absolute Gasteiger partial charge is 0.382 e. The van der Waals surface area contributed by atoms with E-state index in [-0.39, 0.29) is 6.10 Å². The lowest BCUT2D eigenvalue weighted by Gasteiger charge is -2.20. The molecule has 0 aliphatic rings. The molecule has 3 nitrogen and oxygen atoms in total. The van der Waals surface area contributed by atoms with Crippen LogP contribution in [0, 0.1) is 0 Å². The molecular formula is C14H22BrNO2. The molecule has 1 aromatic carbocycles. The lowest BCUT2D eigenvalue weighted by molar-refractivity contribution is 0.0158. The standard InChI is InChI=1S/C14H22BrNO2/c1-11(2)16-10-14(18-8-7-17-3)12-5-4-6-13(15)9-12/h4-6,9,11,14,16H,7-8,10H2,1-3H3. The van der Waals surface area contributed by atoms with Crippen LogP contribution in [-0.2, 0) is 9.47 Å². The van der Waals surface area contributed by atoms with Crippen LogP contribution in [0.15, 0.2) is 28.7 Å². The van der Waals surface area contributed by atoms with Crippen LogP contribution in [0.25, 0.3) is 0 Å². The van der Waals surface area contributed by atoms with E-state index in [1.54, 1.807) is 7.11 Å². The van der Waals surface area contributed by atoms with Gasteiger partial charge in [-0.25, -0.2) is 0 Å². The van der Waals surface area contributed by atoms with Gasteiger partial charge in [0.2, 0.25) is 0 Å². The number of hydrogen-bond donors (Lipinski definition) is 1. The average molecular weight is 316 g/mol. The normalized spacial score (nSPS) is 12.9. The molecule has 0 bridgehead atoms. The van der Waals surface area contributed by atoms with Crippen molar-refractivity contribution in [3.63, 3.8) is 0 Å². The lowest BCUT2D eigenvalue weighted by atomic mass is 10.1. The second-order valence-electron chi connectivity index (χ2n) is 4.47. The van der Waals surface area contributed by atoms with Crippen molar-refractivity contribution in [1.82, 2.24) is 5.32 Å². The number of ether oxygens (including phenoxy) is 2. The maximum Gasteiger partial charge on any atom is 0.0950 e. The summed E-state index contributed by atoms with van der Waals surface area (Å²) in [5.74, 6) is 0. The van der Waals surface area contributed by atoms with Crippen molar-refractivity contribution >= 4 is 15.9 Å². The Labute approximate surface area is 118 Å². The number of hydrogen-bond acceptors (Lipinski definition) is 3. The van der Waals surface area contributed by atoms with E-state index in [1.807, 2.05) is 12.1 Å². The molecule has 0 amide bonds. The van der Waals surface area contributed by atoms with E-state index < -0.39 is 0 Å². The Morgan fingerprint density at radius 3 is 2.67 bits per heavy atom. The maximum absolute atomic E-state index is 5.87. The zero-order valence-corrected chi connectivity index (χ0v) is 12.9. The Morgan fingerprint density at radius 1 is 1.28 bits per heavy atom. The summed E-state index contributed by atoms with van der Waals surface area (Å²) in [5.41, 5.74) is 1.17. The molecular weight excluding hydrogens is 294 g/mol. The van der Waals surface area contributed by atoms with Gasteiger partial charge < -0.3 is 14.8 Å². The molecule has 18 heavy (non-hydrogen) atoms. The van der Waals surface area contributed by atoms with E-state index >= 15 is 0 Å². The number of benzene rings is 1. The van der Waals surface area contributed by atoms with Gasteiger partial charge in [0.05, 0.1) is 19.3 Å². The lowest BCUT2D eigenvalue weighted by Crippen LogP contribution is -2.29. The third-order valence-electron chi connectivity index (χ3n) is 2.54. The van der Waals surface area contributed by atoms with Crippen molar-refractivity contribution in [2.24, 2.45) is 0 Å². The highest BCUT2D eigenvalue weighted by atomic mass is 79.9. The first kappa shape index (κ1) is 15.6. The van der Waals surface area contributed by atoms with Crippen LogP contribution < -0.4 is 5.32 Å². The van der Waals surface area contributed by atoms with Crippen LogP contribution >= 0.6 is 15.9 Å². The van der Waals surface area contributed by atoms with E-state index in [9.17, 15) is 0 Å². The third-order valence-corrected chi connectivity index (χ3v) is 3.03. The summed E-state index contributed by atoms with van der Waals surface area (Å²) in [6.07, 6.45) is 0.0556. The van der Waals surface area contributed by atoms with Gasteiger partial charge in [-0.15, -0.1) is 0 Å². The van der Waals surface area contributed by atoms with Crippen LogP contribution in [0.2, 0.25) is 0 Å². The molecule has 0 spiro atoms. The van der Waals surface area contributed by atoms with Crippen molar-refractivity contribution in [1.29, 1.82) is 0 Å². The Balaban J connectivity index is 2.63. The predicted molar refractivity (Wildman–Crippen MR) is 77.8 cm³/mol. The van der Waals surface area contributed by atoms with Gasteiger partial charge in [-0.05, 0) is 17.7 Å². The summed E-state index contributed by atoms with van der Waals surface area (Å²) in [5, 5.41) is 3.41. The molecule has 0 saturated carbocycles. The molecule has 102 valence electrons. The molecule has 0 saturated heterocycles. The van der Waals surface area contributed by atoms with Crippen molar-refractivity contribution in [3.05, 3.63) is 34.3 Å². The quantitative estimate of drug-likeness (QED) is 0.747. The fourth-order valence-corrected chi connectivity index (χ4v) is 2.01. The minimum atomic E-state index is 0.0556. The molecule has 0 aromatic heterocycles. The maximum atomic E-state index is 5.87. The zero-order chi connectivity index (χ0) is 13.4. The summed E-state index contributed by atoms with van der Waals surface area (Å²) in [6, 6.07) is 8.68. The molecule has 0 fully saturated rings. The first-order chi connectivity index (χ1) is 8.63. The van der Waals surface area contributed by atoms with E-state index in [1.165, 1.54) is 5.56 Å². The number of halogens is 1. The first-order valence-electron chi connectivity index (χ1n) is 6.23. The fraction of sp³-hybridized carbons (Fsp3) is 0.571. The molecule has 0 aliphatic carbocycles. The molecule has 1 atom stereocenters. The summed E-state index contributed by atoms with van der Waals surface area (Å²) in [7, 11) is 1.68. The van der Waals surface area contributed by atoms with Gasteiger partial charge >= 0.3 is 0 Å². The molecule has 1 rings (SSSR count). The molecule has 0 aliphatic heterocycles. The van der Waals surface area contributed by atoms with E-state index in [0.717, 1.165) is 11.0 Å². The summed E-state index contributed by atoms with van der Waals surface area (Å²) in [4.78, 5) is 0. The van der Waals surface area contributed by atoms with Gasteiger partial charge in [-0.1, -0.05) is 41.9 Å². The fourth-order valence-electron chi connectivity index (χ4n) is 1.60. The molecule has 1 unspecified atom stereocenters. The Hall–Kier alpha value is -0.420. The zero-order valence-electron chi connectivity index (χ0n) is 11.3. The van der Waals surface area contributed by atoms with Crippen LogP contribution in [0.4, 0.5) is 0 Å². The highest BCUT2D eigenvalue weighted by Gasteiger charge is 2.12. The third kappa shape index (κ3) is 5.96. The van der Waals surface area contributed by atoms with Crippen LogP contribution in [0.3, 0.4) is 0 Å². The minimum Gasteiger partial charge on any atom is -0.382 e. The second kappa shape index (κ2) is 8.64. The van der Waals surface area contributed by atoms with Crippen molar-refractivity contribution in [2.45, 2.75) is 26.0 Å². The number of methoxy groups -OCH3 is 1. The van der Waals surface area contributed by atoms with Gasteiger partial charge in [0, 0.05) is 24.2 Å². The summed E-state index contributed by atoms with van der Waals surface area (Å²) >= 11 is 3.49. The van der Waals surface area contributed by atoms with Gasteiger partial charge in [0.15, 0.2) is 0 Å². The van der Waals surface area contributed by atoms with Crippen LogP contribution in [0.5, 0.6) is 0 Å². The first-order valence-corrected chi connectivity index (χ1v) is 7.02. The van der Waals surface area contributed by atoms with Gasteiger partial charge in [0.1, 0.15) is 0 Å². The van der Waals surface area contributed by atoms with E-state index in [0.29, 0.717) is 19.3 Å². The molecule has 0 radical (unpaired) electrons. The Morgan fingerprint density at radius 2 is 2.06 bits per heavy atom. The van der Waals surface area contributed by atoms with E-state index in [2.05, 4.69) is 47.2 Å². The van der Waals surface area contributed by atoms with Gasteiger partial charge in [-0.2, -0.15) is 0 Å². The molecule has 1 N–H and O–H groups in total. The molecule has 0 heterocycles. The smallest absolute Gasteiger partial charge is 0.0950 e. The van der Waals surface area contributed by atoms with Crippen LogP contribution in [-0.4, -0.2) is 32.9 Å². The van der Waals surface area contributed by atoms with Crippen LogP contribution in [0.1, 0.15) is 25.5 Å². The topological polar surface area (TPSA) is 30.5 Å². The number of nitrogens with one attached hydrogen (secondary N) is 1. The van der Waals surface area contributed by atoms with Crippen molar-refractivity contribution < 1.29 is 9.47 Å². The molecule has 1 aromatic rings. The Kier molecular flexibility index (Phi) is 7.51. The van der Waals surface area contributed by atoms with Gasteiger partial charge in [-0.3, -0.25) is 0 Å². The highest BCUT2D eigenvalue weighted by Crippen LogP contribution is 2.20. The Bertz CT molecular complexity index is 344. The monoisotopic (exact) mass is 315 g/mol. The minimum absolute atomic E-state index is 0.0556.